The van der Waals surface area contributed by atoms with E-state index in [4.69, 9.17) is 10.5 Å². The van der Waals surface area contributed by atoms with Crippen molar-refractivity contribution >= 4 is 16.6 Å². The van der Waals surface area contributed by atoms with Crippen LogP contribution in [0.25, 0.3) is 10.9 Å². The van der Waals surface area contributed by atoms with Crippen molar-refractivity contribution < 1.29 is 9.13 Å². The van der Waals surface area contributed by atoms with E-state index >= 15 is 0 Å². The van der Waals surface area contributed by atoms with Crippen molar-refractivity contribution in [3.8, 4) is 5.75 Å². The minimum atomic E-state index is -0.453. The van der Waals surface area contributed by atoms with Crippen molar-refractivity contribution in [2.45, 2.75) is 13.5 Å². The van der Waals surface area contributed by atoms with Gasteiger partial charge in [-0.05, 0) is 24.6 Å². The average molecular weight is 282 g/mol. The maximum atomic E-state index is 13.8. The predicted molar refractivity (Wildman–Crippen MR) is 81.6 cm³/mol. The van der Waals surface area contributed by atoms with E-state index in [2.05, 4.69) is 4.98 Å². The van der Waals surface area contributed by atoms with Gasteiger partial charge in [-0.2, -0.15) is 0 Å². The van der Waals surface area contributed by atoms with Crippen LogP contribution in [0.3, 0.4) is 0 Å². The number of aryl methyl sites for hydroxylation is 1. The molecule has 0 atom stereocenters. The maximum absolute atomic E-state index is 13.8. The molecule has 0 spiro atoms. The number of rotatable bonds is 3. The Labute approximate surface area is 122 Å². The Balaban J connectivity index is 1.89. The van der Waals surface area contributed by atoms with Gasteiger partial charge >= 0.3 is 0 Å². The van der Waals surface area contributed by atoms with Crippen molar-refractivity contribution in [3.63, 3.8) is 0 Å². The van der Waals surface area contributed by atoms with Gasteiger partial charge in [0.05, 0.1) is 5.52 Å². The summed E-state index contributed by atoms with van der Waals surface area (Å²) in [5.74, 6) is -0.249. The molecule has 0 unspecified atom stereocenters. The van der Waals surface area contributed by atoms with Crippen LogP contribution >= 0.6 is 0 Å². The Kier molecular flexibility index (Phi) is 3.44. The summed E-state index contributed by atoms with van der Waals surface area (Å²) in [5, 5.41) is 1.03. The second-order valence-electron chi connectivity index (χ2n) is 4.92. The topological polar surface area (TPSA) is 48.1 Å². The average Bonchev–Trinajstić information content (AvgIpc) is 2.49. The molecule has 4 heteroatoms. The number of aromatic nitrogens is 1. The highest BCUT2D eigenvalue weighted by molar-refractivity contribution is 5.81. The second kappa shape index (κ2) is 5.40. The van der Waals surface area contributed by atoms with Crippen LogP contribution in [0.1, 0.15) is 11.1 Å². The van der Waals surface area contributed by atoms with E-state index in [9.17, 15) is 4.39 Å². The molecule has 3 nitrogen and oxygen atoms in total. The number of pyridine rings is 1. The third-order valence-corrected chi connectivity index (χ3v) is 3.42. The third-order valence-electron chi connectivity index (χ3n) is 3.42. The highest BCUT2D eigenvalue weighted by Gasteiger charge is 2.08. The van der Waals surface area contributed by atoms with E-state index < -0.39 is 5.82 Å². The molecule has 0 aliphatic heterocycles. The molecule has 0 fully saturated rings. The highest BCUT2D eigenvalue weighted by Crippen LogP contribution is 2.25. The first-order valence-electron chi connectivity index (χ1n) is 6.66. The first-order chi connectivity index (χ1) is 10.1. The summed E-state index contributed by atoms with van der Waals surface area (Å²) in [6, 6.07) is 12.6. The van der Waals surface area contributed by atoms with E-state index in [0.717, 1.165) is 22.0 Å². The zero-order chi connectivity index (χ0) is 14.8. The highest BCUT2D eigenvalue weighted by atomic mass is 19.1. The number of halogens is 1. The van der Waals surface area contributed by atoms with E-state index in [1.165, 1.54) is 6.07 Å². The number of nitrogen functional groups attached to an aromatic ring is 1. The monoisotopic (exact) mass is 282 g/mol. The summed E-state index contributed by atoms with van der Waals surface area (Å²) in [6.45, 7) is 2.08. The first-order valence-corrected chi connectivity index (χ1v) is 6.66. The van der Waals surface area contributed by atoms with Crippen LogP contribution in [-0.4, -0.2) is 4.98 Å². The molecule has 0 aliphatic rings. The van der Waals surface area contributed by atoms with Gasteiger partial charge in [-0.15, -0.1) is 0 Å². The largest absolute Gasteiger partial charge is 0.486 e. The Morgan fingerprint density at radius 1 is 1.19 bits per heavy atom. The normalized spacial score (nSPS) is 10.8. The number of nitrogens with two attached hydrogens (primary N) is 1. The molecule has 3 aromatic rings. The van der Waals surface area contributed by atoms with E-state index in [-0.39, 0.29) is 12.4 Å². The zero-order valence-electron chi connectivity index (χ0n) is 11.6. The van der Waals surface area contributed by atoms with Gasteiger partial charge in [0.25, 0.3) is 0 Å². The molecule has 0 saturated heterocycles. The number of benzene rings is 2. The standard InChI is InChI=1S/C17H15FN2O/c1-11-8-16(14(18)9-15(11)19)21-10-13-5-2-4-12-6-3-7-20-17(12)13/h2-9H,10,19H2,1H3. The van der Waals surface area contributed by atoms with Gasteiger partial charge in [0, 0.05) is 28.9 Å². The molecule has 0 aliphatic carbocycles. The minimum Gasteiger partial charge on any atom is -0.486 e. The van der Waals surface area contributed by atoms with Crippen molar-refractivity contribution in [2.24, 2.45) is 0 Å². The number of fused-ring (bicyclic) bond motifs is 1. The smallest absolute Gasteiger partial charge is 0.167 e. The van der Waals surface area contributed by atoms with Crippen molar-refractivity contribution in [2.75, 3.05) is 5.73 Å². The van der Waals surface area contributed by atoms with Crippen LogP contribution in [-0.2, 0) is 6.61 Å². The quantitative estimate of drug-likeness (QED) is 0.742. The van der Waals surface area contributed by atoms with Gasteiger partial charge in [0.2, 0.25) is 0 Å². The number of hydrogen-bond donors (Lipinski definition) is 1. The van der Waals surface area contributed by atoms with Crippen LogP contribution in [0.4, 0.5) is 10.1 Å². The maximum Gasteiger partial charge on any atom is 0.167 e. The molecule has 0 saturated carbocycles. The molecule has 106 valence electrons. The fourth-order valence-corrected chi connectivity index (χ4v) is 2.22. The summed E-state index contributed by atoms with van der Waals surface area (Å²) >= 11 is 0. The lowest BCUT2D eigenvalue weighted by molar-refractivity contribution is 0.291. The Morgan fingerprint density at radius 3 is 2.86 bits per heavy atom. The molecule has 0 amide bonds. The minimum absolute atomic E-state index is 0.203. The molecule has 3 rings (SSSR count). The molecule has 2 N–H and O–H groups in total. The molecule has 1 heterocycles. The van der Waals surface area contributed by atoms with Gasteiger partial charge in [0.15, 0.2) is 11.6 Å². The summed E-state index contributed by atoms with van der Waals surface area (Å²) in [6.07, 6.45) is 1.74. The summed E-state index contributed by atoms with van der Waals surface area (Å²) in [4.78, 5) is 4.35. The predicted octanol–water partition coefficient (Wildman–Crippen LogP) is 3.84. The van der Waals surface area contributed by atoms with Gasteiger partial charge in [-0.3, -0.25) is 4.98 Å². The molecule has 0 bridgehead atoms. The summed E-state index contributed by atoms with van der Waals surface area (Å²) < 4.78 is 19.4. The third kappa shape index (κ3) is 2.65. The SMILES string of the molecule is Cc1cc(OCc2cccc3cccnc23)c(F)cc1N. The van der Waals surface area contributed by atoms with Crippen LogP contribution in [0.15, 0.2) is 48.7 Å². The van der Waals surface area contributed by atoms with Gasteiger partial charge in [-0.25, -0.2) is 4.39 Å². The molecule has 1 aromatic heterocycles. The fraction of sp³-hybridized carbons (Fsp3) is 0.118. The van der Waals surface area contributed by atoms with E-state index in [0.29, 0.717) is 5.69 Å². The number of ether oxygens (including phenoxy) is 1. The van der Waals surface area contributed by atoms with Crippen molar-refractivity contribution in [1.29, 1.82) is 0 Å². The van der Waals surface area contributed by atoms with Crippen LogP contribution < -0.4 is 10.5 Å². The van der Waals surface area contributed by atoms with Gasteiger partial charge < -0.3 is 10.5 Å². The number of para-hydroxylation sites is 1. The second-order valence-corrected chi connectivity index (χ2v) is 4.92. The van der Waals surface area contributed by atoms with Crippen LogP contribution in [0, 0.1) is 12.7 Å². The zero-order valence-corrected chi connectivity index (χ0v) is 11.6. The molecule has 2 aromatic carbocycles. The molecule has 21 heavy (non-hydrogen) atoms. The number of anilines is 1. The first kappa shape index (κ1) is 13.4. The Morgan fingerprint density at radius 2 is 2.00 bits per heavy atom. The van der Waals surface area contributed by atoms with Crippen LogP contribution in [0.2, 0.25) is 0 Å². The van der Waals surface area contributed by atoms with Crippen LogP contribution in [0.5, 0.6) is 5.75 Å². The lowest BCUT2D eigenvalue weighted by Gasteiger charge is -2.11. The summed E-state index contributed by atoms with van der Waals surface area (Å²) in [7, 11) is 0. The molecular formula is C17H15FN2O. The van der Waals surface area contributed by atoms with E-state index in [1.54, 1.807) is 12.3 Å². The summed E-state index contributed by atoms with van der Waals surface area (Å²) in [5.41, 5.74) is 8.67. The number of hydrogen-bond acceptors (Lipinski definition) is 3. The lowest BCUT2D eigenvalue weighted by atomic mass is 10.1. The van der Waals surface area contributed by atoms with Crippen molar-refractivity contribution in [3.05, 3.63) is 65.6 Å². The van der Waals surface area contributed by atoms with Crippen molar-refractivity contribution in [1.82, 2.24) is 4.98 Å². The lowest BCUT2D eigenvalue weighted by Crippen LogP contribution is -2.01. The Hall–Kier alpha value is -2.62. The fourth-order valence-electron chi connectivity index (χ4n) is 2.22. The Bertz CT molecular complexity index is 797. The van der Waals surface area contributed by atoms with E-state index in [1.807, 2.05) is 37.3 Å². The van der Waals surface area contributed by atoms with Gasteiger partial charge in [0.1, 0.15) is 6.61 Å². The van der Waals surface area contributed by atoms with Gasteiger partial charge in [-0.1, -0.05) is 24.3 Å². The molecule has 0 radical (unpaired) electrons. The number of nitrogens with zero attached hydrogens (tertiary/aromatic N) is 1. The molecular weight excluding hydrogens is 267 g/mol.